The van der Waals surface area contributed by atoms with Gasteiger partial charge in [-0.25, -0.2) is 4.98 Å². The minimum atomic E-state index is -0.828. The van der Waals surface area contributed by atoms with Crippen molar-refractivity contribution in [2.45, 2.75) is 56.0 Å². The van der Waals surface area contributed by atoms with Crippen molar-refractivity contribution in [2.24, 2.45) is 5.92 Å². The summed E-state index contributed by atoms with van der Waals surface area (Å²) < 4.78 is 7.33. The lowest BCUT2D eigenvalue weighted by molar-refractivity contribution is -0.119. The van der Waals surface area contributed by atoms with Crippen LogP contribution in [0.25, 0.3) is 10.9 Å². The third kappa shape index (κ3) is 4.31. The molecule has 0 unspecified atom stereocenters. The highest BCUT2D eigenvalue weighted by atomic mass is 32.2. The first kappa shape index (κ1) is 19.9. The zero-order valence-electron chi connectivity index (χ0n) is 16.4. The molecule has 1 aliphatic heterocycles. The smallest absolute Gasteiger partial charge is 0.262 e. The molecule has 0 spiro atoms. The number of nitrogens with one attached hydrogen (secondary N) is 1. The molecular weight excluding hydrogens is 388 g/mol. The molecule has 152 valence electrons. The largest absolute Gasteiger partial charge is 0.376 e. The first-order valence-electron chi connectivity index (χ1n) is 9.96. The topological polar surface area (TPSA) is 97.0 Å². The molecule has 2 aliphatic rings. The van der Waals surface area contributed by atoms with Crippen molar-refractivity contribution in [3.05, 3.63) is 34.6 Å². The molecule has 0 bridgehead atoms. The number of benzene rings is 1. The van der Waals surface area contributed by atoms with Crippen LogP contribution in [-0.2, 0) is 16.1 Å². The van der Waals surface area contributed by atoms with Gasteiger partial charge in [0.05, 0.1) is 35.4 Å². The third-order valence-electron chi connectivity index (χ3n) is 5.59. The van der Waals surface area contributed by atoms with Crippen LogP contribution in [-0.4, -0.2) is 39.5 Å². The van der Waals surface area contributed by atoms with Crippen molar-refractivity contribution < 1.29 is 9.53 Å². The van der Waals surface area contributed by atoms with Gasteiger partial charge in [0, 0.05) is 6.61 Å². The summed E-state index contributed by atoms with van der Waals surface area (Å²) in [5.74, 6) is 0.0929. The van der Waals surface area contributed by atoms with E-state index in [9.17, 15) is 14.9 Å². The molecule has 1 N–H and O–H groups in total. The average molecular weight is 413 g/mol. The number of ether oxygens (including phenoxy) is 1. The maximum Gasteiger partial charge on any atom is 0.262 e. The predicted molar refractivity (Wildman–Crippen MR) is 111 cm³/mol. The van der Waals surface area contributed by atoms with Crippen LogP contribution in [0.5, 0.6) is 0 Å². The van der Waals surface area contributed by atoms with Crippen LogP contribution in [0, 0.1) is 17.2 Å². The number of hydrogen-bond donors (Lipinski definition) is 1. The average Bonchev–Trinajstić information content (AvgIpc) is 3.47. The van der Waals surface area contributed by atoms with E-state index in [1.54, 1.807) is 23.6 Å². The van der Waals surface area contributed by atoms with Gasteiger partial charge in [-0.1, -0.05) is 23.9 Å². The SMILES string of the molecule is C[C@@](C#N)(NC(=O)CSc1nc2ccccc2c(=O)n1C[C@H]1CCCO1)C1CC1. The Balaban J connectivity index is 1.56. The highest BCUT2D eigenvalue weighted by Gasteiger charge is 2.43. The van der Waals surface area contributed by atoms with Crippen molar-refractivity contribution in [3.63, 3.8) is 0 Å². The van der Waals surface area contributed by atoms with E-state index < -0.39 is 5.54 Å². The number of carbonyl (C=O) groups excluding carboxylic acids is 1. The fourth-order valence-corrected chi connectivity index (χ4v) is 4.56. The van der Waals surface area contributed by atoms with Crippen LogP contribution >= 0.6 is 11.8 Å². The summed E-state index contributed by atoms with van der Waals surface area (Å²) in [5, 5.41) is 13.4. The molecule has 2 aromatic rings. The normalized spacial score (nSPS) is 20.9. The molecule has 4 rings (SSSR count). The molecule has 0 radical (unpaired) electrons. The number of carbonyl (C=O) groups is 1. The summed E-state index contributed by atoms with van der Waals surface area (Å²) in [5.41, 5.74) is -0.330. The highest BCUT2D eigenvalue weighted by molar-refractivity contribution is 7.99. The molecule has 1 aromatic carbocycles. The lowest BCUT2D eigenvalue weighted by Gasteiger charge is -2.23. The van der Waals surface area contributed by atoms with Gasteiger partial charge >= 0.3 is 0 Å². The van der Waals surface area contributed by atoms with Gasteiger partial charge in [-0.05, 0) is 50.7 Å². The van der Waals surface area contributed by atoms with Crippen LogP contribution in [0.15, 0.2) is 34.2 Å². The first-order valence-corrected chi connectivity index (χ1v) is 10.9. The van der Waals surface area contributed by atoms with E-state index in [4.69, 9.17) is 4.74 Å². The Kier molecular flexibility index (Phi) is 5.61. The molecule has 1 amide bonds. The predicted octanol–water partition coefficient (Wildman–Crippen LogP) is 2.48. The molecule has 1 aliphatic carbocycles. The van der Waals surface area contributed by atoms with Gasteiger partial charge in [-0.2, -0.15) is 5.26 Å². The Morgan fingerprint density at radius 2 is 2.21 bits per heavy atom. The van der Waals surface area contributed by atoms with E-state index in [1.165, 1.54) is 11.8 Å². The van der Waals surface area contributed by atoms with Gasteiger partial charge in [-0.15, -0.1) is 0 Å². The number of thioether (sulfide) groups is 1. The number of para-hydroxylation sites is 1. The zero-order valence-corrected chi connectivity index (χ0v) is 17.2. The van der Waals surface area contributed by atoms with Gasteiger partial charge in [0.1, 0.15) is 5.54 Å². The van der Waals surface area contributed by atoms with Crippen LogP contribution in [0.3, 0.4) is 0 Å². The van der Waals surface area contributed by atoms with Gasteiger partial charge in [0.25, 0.3) is 5.56 Å². The number of amides is 1. The number of nitrogens with zero attached hydrogens (tertiary/aromatic N) is 3. The maximum atomic E-state index is 13.1. The van der Waals surface area contributed by atoms with Gasteiger partial charge in [0.2, 0.25) is 5.91 Å². The summed E-state index contributed by atoms with van der Waals surface area (Å²) in [6, 6.07) is 9.47. The molecule has 8 heteroatoms. The number of rotatable bonds is 7. The summed E-state index contributed by atoms with van der Waals surface area (Å²) >= 11 is 1.23. The third-order valence-corrected chi connectivity index (χ3v) is 6.57. The van der Waals surface area contributed by atoms with E-state index in [-0.39, 0.29) is 29.2 Å². The number of aromatic nitrogens is 2. The van der Waals surface area contributed by atoms with Crippen molar-refractivity contribution >= 4 is 28.6 Å². The number of hydrogen-bond acceptors (Lipinski definition) is 6. The fraction of sp³-hybridized carbons (Fsp3) is 0.524. The summed E-state index contributed by atoms with van der Waals surface area (Å²) in [7, 11) is 0. The summed E-state index contributed by atoms with van der Waals surface area (Å²) in [4.78, 5) is 30.2. The Hall–Kier alpha value is -2.37. The maximum absolute atomic E-state index is 13.1. The molecular formula is C21H24N4O3S. The van der Waals surface area contributed by atoms with Crippen LogP contribution in [0.4, 0.5) is 0 Å². The van der Waals surface area contributed by atoms with Crippen LogP contribution < -0.4 is 10.9 Å². The molecule has 7 nitrogen and oxygen atoms in total. The first-order chi connectivity index (χ1) is 14.0. The Labute approximate surface area is 173 Å². The van der Waals surface area contributed by atoms with E-state index in [0.717, 1.165) is 25.7 Å². The standard InChI is InChI=1S/C21H24N4O3S/c1-21(13-22,14-8-9-14)24-18(26)12-29-20-23-17-7-3-2-6-16(17)19(27)25(20)11-15-5-4-10-28-15/h2-3,6-7,14-15H,4-5,8-12H2,1H3,(H,24,26)/t15-,21+/m1/s1. The molecule has 1 aromatic heterocycles. The van der Waals surface area contributed by atoms with Crippen molar-refractivity contribution in [1.82, 2.24) is 14.9 Å². The minimum absolute atomic E-state index is 0.0133. The molecule has 1 saturated heterocycles. The quantitative estimate of drug-likeness (QED) is 0.554. The number of fused-ring (bicyclic) bond motifs is 1. The number of nitriles is 1. The second-order valence-electron chi connectivity index (χ2n) is 7.89. The monoisotopic (exact) mass is 412 g/mol. The van der Waals surface area contributed by atoms with Crippen molar-refractivity contribution in [3.8, 4) is 6.07 Å². The second kappa shape index (κ2) is 8.17. The van der Waals surface area contributed by atoms with E-state index >= 15 is 0 Å². The van der Waals surface area contributed by atoms with Crippen LogP contribution in [0.1, 0.15) is 32.6 Å². The lowest BCUT2D eigenvalue weighted by Crippen LogP contribution is -2.47. The minimum Gasteiger partial charge on any atom is -0.376 e. The van der Waals surface area contributed by atoms with E-state index in [2.05, 4.69) is 16.4 Å². The van der Waals surface area contributed by atoms with E-state index in [0.29, 0.717) is 29.2 Å². The molecule has 29 heavy (non-hydrogen) atoms. The van der Waals surface area contributed by atoms with Gasteiger partial charge < -0.3 is 10.1 Å². The zero-order chi connectivity index (χ0) is 20.4. The Morgan fingerprint density at radius 1 is 1.41 bits per heavy atom. The van der Waals surface area contributed by atoms with Gasteiger partial charge in [0.15, 0.2) is 5.16 Å². The summed E-state index contributed by atoms with van der Waals surface area (Å²) in [6.45, 7) is 2.91. The second-order valence-corrected chi connectivity index (χ2v) is 8.83. The fourth-order valence-electron chi connectivity index (χ4n) is 3.75. The Bertz CT molecular complexity index is 1020. The van der Waals surface area contributed by atoms with Crippen molar-refractivity contribution in [2.75, 3.05) is 12.4 Å². The summed E-state index contributed by atoms with van der Waals surface area (Å²) in [6.07, 6.45) is 3.81. The van der Waals surface area contributed by atoms with Gasteiger partial charge in [-0.3, -0.25) is 14.2 Å². The molecule has 2 atom stereocenters. The van der Waals surface area contributed by atoms with E-state index in [1.807, 2.05) is 12.1 Å². The van der Waals surface area contributed by atoms with Crippen molar-refractivity contribution in [1.29, 1.82) is 5.26 Å². The van der Waals surface area contributed by atoms with Crippen LogP contribution in [0.2, 0.25) is 0 Å². The lowest BCUT2D eigenvalue weighted by atomic mass is 9.98. The molecule has 2 heterocycles. The molecule has 1 saturated carbocycles. The Morgan fingerprint density at radius 3 is 2.90 bits per heavy atom. The molecule has 2 fully saturated rings. The highest BCUT2D eigenvalue weighted by Crippen LogP contribution is 2.39.